The van der Waals surface area contributed by atoms with Gasteiger partial charge in [0.1, 0.15) is 5.75 Å². The van der Waals surface area contributed by atoms with Gasteiger partial charge in [0.25, 0.3) is 0 Å². The average molecular weight is 274 g/mol. The van der Waals surface area contributed by atoms with E-state index in [-0.39, 0.29) is 6.42 Å². The number of methoxy groups -OCH3 is 1. The third kappa shape index (κ3) is 3.51. The first-order valence-corrected chi connectivity index (χ1v) is 6.63. The molecule has 2 rings (SSSR count). The van der Waals surface area contributed by atoms with Gasteiger partial charge in [0, 0.05) is 4.90 Å². The lowest BCUT2D eigenvalue weighted by molar-refractivity contribution is -0.136. The summed E-state index contributed by atoms with van der Waals surface area (Å²) in [7, 11) is 1.59. The Hall–Kier alpha value is -1.94. The molecule has 0 heterocycles. The van der Waals surface area contributed by atoms with Crippen molar-refractivity contribution in [2.24, 2.45) is 0 Å². The first-order valence-electron chi connectivity index (χ1n) is 5.81. The average Bonchev–Trinajstić information content (AvgIpc) is 2.41. The van der Waals surface area contributed by atoms with Crippen LogP contribution in [0.2, 0.25) is 0 Å². The van der Waals surface area contributed by atoms with Crippen LogP contribution in [0, 0.1) is 0 Å². The van der Waals surface area contributed by atoms with Crippen molar-refractivity contribution in [1.82, 2.24) is 0 Å². The molecule has 0 amide bonds. The molecule has 2 aromatic carbocycles. The third-order valence-corrected chi connectivity index (χ3v) is 3.76. The van der Waals surface area contributed by atoms with Crippen LogP contribution in [-0.4, -0.2) is 18.2 Å². The summed E-state index contributed by atoms with van der Waals surface area (Å²) in [5.41, 5.74) is 0.765. The molecule has 19 heavy (non-hydrogen) atoms. The van der Waals surface area contributed by atoms with E-state index in [0.29, 0.717) is 5.75 Å². The molecule has 0 atom stereocenters. The molecule has 2 aromatic rings. The fourth-order valence-corrected chi connectivity index (χ4v) is 2.80. The van der Waals surface area contributed by atoms with Crippen molar-refractivity contribution in [2.45, 2.75) is 16.2 Å². The molecule has 0 saturated carbocycles. The molecular weight excluding hydrogens is 260 g/mol. The van der Waals surface area contributed by atoms with Gasteiger partial charge in [-0.1, -0.05) is 42.1 Å². The van der Waals surface area contributed by atoms with Gasteiger partial charge in [-0.3, -0.25) is 4.79 Å². The second kappa shape index (κ2) is 6.29. The van der Waals surface area contributed by atoms with Gasteiger partial charge in [-0.05, 0) is 23.8 Å². The monoisotopic (exact) mass is 274 g/mol. The zero-order valence-electron chi connectivity index (χ0n) is 10.5. The molecule has 1 N–H and O–H groups in total. The van der Waals surface area contributed by atoms with Gasteiger partial charge >= 0.3 is 5.97 Å². The Morgan fingerprint density at radius 2 is 1.89 bits per heavy atom. The Labute approximate surface area is 116 Å². The van der Waals surface area contributed by atoms with E-state index in [4.69, 9.17) is 9.84 Å². The first-order chi connectivity index (χ1) is 9.20. The van der Waals surface area contributed by atoms with E-state index in [1.165, 1.54) is 11.8 Å². The quantitative estimate of drug-likeness (QED) is 0.906. The van der Waals surface area contributed by atoms with Crippen LogP contribution in [-0.2, 0) is 11.2 Å². The molecule has 0 aliphatic heterocycles. The van der Waals surface area contributed by atoms with Crippen molar-refractivity contribution in [1.29, 1.82) is 0 Å². The predicted molar refractivity (Wildman–Crippen MR) is 74.9 cm³/mol. The number of hydrogen-bond donors (Lipinski definition) is 1. The number of carbonyl (C=O) groups is 1. The lowest BCUT2D eigenvalue weighted by Gasteiger charge is -2.12. The zero-order chi connectivity index (χ0) is 13.7. The van der Waals surface area contributed by atoms with Crippen LogP contribution < -0.4 is 4.74 Å². The smallest absolute Gasteiger partial charge is 0.307 e. The Morgan fingerprint density at radius 3 is 2.53 bits per heavy atom. The molecule has 0 aromatic heterocycles. The predicted octanol–water partition coefficient (Wildman–Crippen LogP) is 3.47. The van der Waals surface area contributed by atoms with Gasteiger partial charge in [-0.15, -0.1) is 0 Å². The maximum Gasteiger partial charge on any atom is 0.307 e. The summed E-state index contributed by atoms with van der Waals surface area (Å²) in [6.45, 7) is 0. The molecule has 0 bridgehead atoms. The van der Waals surface area contributed by atoms with E-state index >= 15 is 0 Å². The van der Waals surface area contributed by atoms with E-state index in [2.05, 4.69) is 0 Å². The fraction of sp³-hybridized carbons (Fsp3) is 0.133. The van der Waals surface area contributed by atoms with Crippen molar-refractivity contribution in [3.8, 4) is 5.75 Å². The number of hydrogen-bond acceptors (Lipinski definition) is 3. The SMILES string of the molecule is COc1cccc(CC(=O)O)c1Sc1ccccc1. The van der Waals surface area contributed by atoms with Crippen LogP contribution in [0.1, 0.15) is 5.56 Å². The van der Waals surface area contributed by atoms with Crippen molar-refractivity contribution in [2.75, 3.05) is 7.11 Å². The van der Waals surface area contributed by atoms with Gasteiger partial charge in [0.15, 0.2) is 0 Å². The molecular formula is C15H14O3S. The summed E-state index contributed by atoms with van der Waals surface area (Å²) >= 11 is 1.52. The van der Waals surface area contributed by atoms with Crippen LogP contribution in [0.3, 0.4) is 0 Å². The summed E-state index contributed by atoms with van der Waals surface area (Å²) in [6, 6.07) is 15.3. The summed E-state index contributed by atoms with van der Waals surface area (Å²) in [6.07, 6.45) is -0.00757. The molecule has 0 radical (unpaired) electrons. The van der Waals surface area contributed by atoms with Crippen molar-refractivity contribution in [3.63, 3.8) is 0 Å². The van der Waals surface area contributed by atoms with Crippen LogP contribution >= 0.6 is 11.8 Å². The van der Waals surface area contributed by atoms with Gasteiger partial charge in [0.2, 0.25) is 0 Å². The van der Waals surface area contributed by atoms with Crippen LogP contribution in [0.5, 0.6) is 5.75 Å². The normalized spacial score (nSPS) is 10.2. The first kappa shape index (κ1) is 13.5. The number of ether oxygens (including phenoxy) is 1. The van der Waals surface area contributed by atoms with Crippen LogP contribution in [0.4, 0.5) is 0 Å². The van der Waals surface area contributed by atoms with Gasteiger partial charge in [-0.2, -0.15) is 0 Å². The largest absolute Gasteiger partial charge is 0.496 e. The second-order valence-electron chi connectivity index (χ2n) is 3.93. The maximum absolute atomic E-state index is 10.9. The number of carboxylic acids is 1. The highest BCUT2D eigenvalue weighted by Crippen LogP contribution is 2.37. The molecule has 0 spiro atoms. The van der Waals surface area contributed by atoms with Crippen LogP contribution in [0.15, 0.2) is 58.3 Å². The minimum Gasteiger partial charge on any atom is -0.496 e. The molecule has 0 unspecified atom stereocenters. The molecule has 4 heteroatoms. The number of rotatable bonds is 5. The highest BCUT2D eigenvalue weighted by Gasteiger charge is 2.13. The van der Waals surface area contributed by atoms with E-state index in [0.717, 1.165) is 15.4 Å². The van der Waals surface area contributed by atoms with E-state index in [1.54, 1.807) is 7.11 Å². The van der Waals surface area contributed by atoms with Crippen LogP contribution in [0.25, 0.3) is 0 Å². The van der Waals surface area contributed by atoms with Crippen molar-refractivity contribution in [3.05, 3.63) is 54.1 Å². The summed E-state index contributed by atoms with van der Waals surface area (Å²) in [5, 5.41) is 8.97. The lowest BCUT2D eigenvalue weighted by atomic mass is 10.1. The number of benzene rings is 2. The topological polar surface area (TPSA) is 46.5 Å². The number of aliphatic carboxylic acids is 1. The van der Waals surface area contributed by atoms with Crippen molar-refractivity contribution < 1.29 is 14.6 Å². The van der Waals surface area contributed by atoms with Gasteiger partial charge in [0.05, 0.1) is 18.4 Å². The minimum atomic E-state index is -0.844. The molecule has 98 valence electrons. The zero-order valence-corrected chi connectivity index (χ0v) is 11.3. The fourth-order valence-electron chi connectivity index (χ4n) is 1.75. The van der Waals surface area contributed by atoms with Gasteiger partial charge in [-0.25, -0.2) is 0 Å². The summed E-state index contributed by atoms with van der Waals surface area (Å²) < 4.78 is 5.33. The molecule has 0 saturated heterocycles. The molecule has 0 fully saturated rings. The maximum atomic E-state index is 10.9. The summed E-state index contributed by atoms with van der Waals surface area (Å²) in [4.78, 5) is 12.8. The summed E-state index contributed by atoms with van der Waals surface area (Å²) in [5.74, 6) is -0.143. The standard InChI is InChI=1S/C15H14O3S/c1-18-13-9-5-6-11(10-14(16)17)15(13)19-12-7-3-2-4-8-12/h2-9H,10H2,1H3,(H,16,17). The Kier molecular flexibility index (Phi) is 4.47. The van der Waals surface area contributed by atoms with E-state index in [1.807, 2.05) is 48.5 Å². The molecule has 0 aliphatic carbocycles. The third-order valence-electron chi connectivity index (χ3n) is 2.59. The highest BCUT2D eigenvalue weighted by atomic mass is 32.2. The number of carboxylic acid groups (broad SMARTS) is 1. The highest BCUT2D eigenvalue weighted by molar-refractivity contribution is 7.99. The molecule has 0 aliphatic rings. The Balaban J connectivity index is 2.38. The Morgan fingerprint density at radius 1 is 1.16 bits per heavy atom. The van der Waals surface area contributed by atoms with Crippen molar-refractivity contribution >= 4 is 17.7 Å². The Bertz CT molecular complexity index is 567. The second-order valence-corrected chi connectivity index (χ2v) is 5.02. The van der Waals surface area contributed by atoms with Gasteiger partial charge < -0.3 is 9.84 Å². The minimum absolute atomic E-state index is 0.00757. The lowest BCUT2D eigenvalue weighted by Crippen LogP contribution is -2.02. The van der Waals surface area contributed by atoms with E-state index < -0.39 is 5.97 Å². The van der Waals surface area contributed by atoms with E-state index in [9.17, 15) is 4.79 Å². The molecule has 3 nitrogen and oxygen atoms in total.